The molecule has 0 spiro atoms. The number of rotatable bonds is 6. The van der Waals surface area contributed by atoms with Gasteiger partial charge in [-0.05, 0) is 60.0 Å². The maximum absolute atomic E-state index is 12.6. The number of halogens is 2. The van der Waals surface area contributed by atoms with Crippen LogP contribution in [0.5, 0.6) is 0 Å². The van der Waals surface area contributed by atoms with E-state index in [0.29, 0.717) is 22.0 Å². The summed E-state index contributed by atoms with van der Waals surface area (Å²) in [6.45, 7) is 0. The van der Waals surface area contributed by atoms with E-state index >= 15 is 0 Å². The van der Waals surface area contributed by atoms with Gasteiger partial charge in [-0.15, -0.1) is 23.1 Å². The number of hydrogen-bond acceptors (Lipinski definition) is 3. The van der Waals surface area contributed by atoms with Crippen molar-refractivity contribution < 1.29 is 4.79 Å². The molecule has 0 saturated heterocycles. The molecule has 122 valence electrons. The summed E-state index contributed by atoms with van der Waals surface area (Å²) in [7, 11) is 0. The molecule has 0 N–H and O–H groups in total. The summed E-state index contributed by atoms with van der Waals surface area (Å²) in [5.41, 5.74) is 0.692. The molecule has 1 nitrogen and oxygen atoms in total. The van der Waals surface area contributed by atoms with Crippen LogP contribution in [-0.2, 0) is 0 Å². The number of carbonyl (C=O) groups is 1. The minimum absolute atomic E-state index is 0.0781. The van der Waals surface area contributed by atoms with Crippen molar-refractivity contribution in [3.63, 3.8) is 0 Å². The lowest BCUT2D eigenvalue weighted by atomic mass is 10.1. The Labute approximate surface area is 159 Å². The molecule has 3 aromatic rings. The van der Waals surface area contributed by atoms with Gasteiger partial charge in [-0.2, -0.15) is 0 Å². The summed E-state index contributed by atoms with van der Waals surface area (Å²) in [5, 5.41) is 3.47. The largest absolute Gasteiger partial charge is 0.294 e. The third kappa shape index (κ3) is 4.64. The van der Waals surface area contributed by atoms with Crippen LogP contribution in [0.25, 0.3) is 0 Å². The number of carbonyl (C=O) groups excluding carboxylic acids is 1. The van der Waals surface area contributed by atoms with Crippen LogP contribution < -0.4 is 0 Å². The molecule has 3 rings (SSSR count). The Bertz CT molecular complexity index is 796. The van der Waals surface area contributed by atoms with Gasteiger partial charge in [0, 0.05) is 31.8 Å². The molecule has 24 heavy (non-hydrogen) atoms. The first kappa shape index (κ1) is 17.6. The van der Waals surface area contributed by atoms with E-state index in [1.165, 1.54) is 4.88 Å². The number of thiophene rings is 1. The van der Waals surface area contributed by atoms with Crippen LogP contribution in [0.1, 0.15) is 26.9 Å². The van der Waals surface area contributed by atoms with Crippen LogP contribution in [0.3, 0.4) is 0 Å². The zero-order valence-corrected chi connectivity index (χ0v) is 15.8. The van der Waals surface area contributed by atoms with Crippen molar-refractivity contribution >= 4 is 52.1 Å². The second-order valence-electron chi connectivity index (χ2n) is 5.21. The Kier molecular flexibility index (Phi) is 6.01. The molecule has 0 radical (unpaired) electrons. The highest BCUT2D eigenvalue weighted by atomic mass is 35.5. The van der Waals surface area contributed by atoms with Gasteiger partial charge in [0.2, 0.25) is 0 Å². The van der Waals surface area contributed by atoms with E-state index in [1.807, 2.05) is 35.7 Å². The van der Waals surface area contributed by atoms with E-state index in [4.69, 9.17) is 23.2 Å². The van der Waals surface area contributed by atoms with Crippen LogP contribution in [0.2, 0.25) is 10.0 Å². The lowest BCUT2D eigenvalue weighted by Crippen LogP contribution is -2.04. The first-order valence-electron chi connectivity index (χ1n) is 7.36. The first-order chi connectivity index (χ1) is 11.6. The summed E-state index contributed by atoms with van der Waals surface area (Å²) >= 11 is 15.2. The van der Waals surface area contributed by atoms with Gasteiger partial charge in [-0.25, -0.2) is 0 Å². The summed E-state index contributed by atoms with van der Waals surface area (Å²) in [4.78, 5) is 14.9. The van der Waals surface area contributed by atoms with Gasteiger partial charge in [-0.3, -0.25) is 4.79 Å². The Hall–Kier alpha value is -1.26. The van der Waals surface area contributed by atoms with E-state index in [9.17, 15) is 4.79 Å². The van der Waals surface area contributed by atoms with Gasteiger partial charge in [-0.1, -0.05) is 29.3 Å². The highest BCUT2D eigenvalue weighted by Crippen LogP contribution is 2.40. The topological polar surface area (TPSA) is 17.1 Å². The van der Waals surface area contributed by atoms with Crippen molar-refractivity contribution in [2.75, 3.05) is 0 Å². The Morgan fingerprint density at radius 3 is 2.17 bits per heavy atom. The fourth-order valence-electron chi connectivity index (χ4n) is 2.27. The van der Waals surface area contributed by atoms with E-state index in [1.54, 1.807) is 47.4 Å². The predicted octanol–water partition coefficient (Wildman–Crippen LogP) is 7.16. The summed E-state index contributed by atoms with van der Waals surface area (Å²) in [6.07, 6.45) is 0.440. The molecule has 0 aliphatic rings. The van der Waals surface area contributed by atoms with E-state index < -0.39 is 0 Å². The molecule has 5 heteroatoms. The summed E-state index contributed by atoms with van der Waals surface area (Å²) in [5.74, 6) is 0.117. The van der Waals surface area contributed by atoms with Gasteiger partial charge in [0.25, 0.3) is 0 Å². The van der Waals surface area contributed by atoms with Crippen molar-refractivity contribution in [3.05, 3.63) is 86.5 Å². The van der Waals surface area contributed by atoms with Gasteiger partial charge >= 0.3 is 0 Å². The number of Topliss-reactive ketones (excluding diaryl/α,β-unsaturated/α-hetero) is 1. The quantitative estimate of drug-likeness (QED) is 0.326. The molecule has 0 fully saturated rings. The number of benzene rings is 2. The molecule has 1 atom stereocenters. The van der Waals surface area contributed by atoms with Crippen LogP contribution in [0.15, 0.2) is 70.9 Å². The smallest absolute Gasteiger partial charge is 0.164 e. The Balaban J connectivity index is 1.79. The zero-order chi connectivity index (χ0) is 16.9. The number of ketones is 1. The van der Waals surface area contributed by atoms with Gasteiger partial charge in [0.05, 0.1) is 5.25 Å². The first-order valence-corrected chi connectivity index (χ1v) is 9.88. The van der Waals surface area contributed by atoms with E-state index in [2.05, 4.69) is 6.07 Å². The van der Waals surface area contributed by atoms with Crippen molar-refractivity contribution in [1.29, 1.82) is 0 Å². The second-order valence-corrected chi connectivity index (χ2v) is 8.34. The molecule has 0 saturated carbocycles. The highest BCUT2D eigenvalue weighted by Gasteiger charge is 2.19. The molecule has 0 aliphatic carbocycles. The molecular weight excluding hydrogens is 379 g/mol. The van der Waals surface area contributed by atoms with E-state index in [0.717, 1.165) is 4.90 Å². The Morgan fingerprint density at radius 2 is 1.58 bits per heavy atom. The molecular formula is C19H14Cl2OS2. The van der Waals surface area contributed by atoms with Crippen molar-refractivity contribution in [3.8, 4) is 0 Å². The second kappa shape index (κ2) is 8.21. The fourth-order valence-corrected chi connectivity index (χ4v) is 4.59. The molecule has 0 aliphatic heterocycles. The highest BCUT2D eigenvalue weighted by molar-refractivity contribution is 7.99. The Morgan fingerprint density at radius 1 is 0.958 bits per heavy atom. The van der Waals surface area contributed by atoms with Crippen LogP contribution in [0, 0.1) is 0 Å². The van der Waals surface area contributed by atoms with Crippen LogP contribution in [-0.4, -0.2) is 5.78 Å². The third-order valence-corrected chi connectivity index (χ3v) is 6.38. The lowest BCUT2D eigenvalue weighted by molar-refractivity contribution is 0.0982. The van der Waals surface area contributed by atoms with Crippen molar-refractivity contribution in [2.24, 2.45) is 0 Å². The molecule has 0 bridgehead atoms. The molecule has 1 aromatic heterocycles. The summed E-state index contributed by atoms with van der Waals surface area (Å²) in [6, 6.07) is 18.9. The maximum Gasteiger partial charge on any atom is 0.164 e. The normalized spacial score (nSPS) is 12.1. The molecule has 0 unspecified atom stereocenters. The molecule has 0 amide bonds. The monoisotopic (exact) mass is 392 g/mol. The van der Waals surface area contributed by atoms with Crippen LogP contribution in [0.4, 0.5) is 0 Å². The summed E-state index contributed by atoms with van der Waals surface area (Å²) < 4.78 is 0. The van der Waals surface area contributed by atoms with Gasteiger partial charge < -0.3 is 0 Å². The fraction of sp³-hybridized carbons (Fsp3) is 0.105. The average molecular weight is 393 g/mol. The molecule has 1 heterocycles. The molecule has 2 aromatic carbocycles. The standard InChI is InChI=1S/C19H14Cl2OS2/c20-14-5-3-13(4-6-14)17(22)12-19(18-2-1-11-23-18)24-16-9-7-15(21)8-10-16/h1-11,19H,12H2/t19-/m1/s1. The predicted molar refractivity (Wildman–Crippen MR) is 105 cm³/mol. The minimum atomic E-state index is 0.0781. The third-order valence-electron chi connectivity index (χ3n) is 3.49. The SMILES string of the molecule is O=C(C[C@@H](Sc1ccc(Cl)cc1)c1cccs1)c1ccc(Cl)cc1. The number of thioether (sulfide) groups is 1. The van der Waals surface area contributed by atoms with Gasteiger partial charge in [0.15, 0.2) is 5.78 Å². The zero-order valence-electron chi connectivity index (χ0n) is 12.6. The lowest BCUT2D eigenvalue weighted by Gasteiger charge is -2.15. The number of hydrogen-bond donors (Lipinski definition) is 0. The van der Waals surface area contributed by atoms with Gasteiger partial charge in [0.1, 0.15) is 0 Å². The van der Waals surface area contributed by atoms with E-state index in [-0.39, 0.29) is 11.0 Å². The maximum atomic E-state index is 12.6. The average Bonchev–Trinajstić information content (AvgIpc) is 3.11. The van der Waals surface area contributed by atoms with Crippen LogP contribution >= 0.6 is 46.3 Å². The van der Waals surface area contributed by atoms with Crippen molar-refractivity contribution in [2.45, 2.75) is 16.6 Å². The van der Waals surface area contributed by atoms with Crippen molar-refractivity contribution in [1.82, 2.24) is 0 Å². The minimum Gasteiger partial charge on any atom is -0.294 e.